The lowest BCUT2D eigenvalue weighted by Crippen LogP contribution is -2.41. The number of rotatable bonds is 5. The first kappa shape index (κ1) is 24.5. The van der Waals surface area contributed by atoms with E-state index in [1.807, 2.05) is 6.08 Å². The monoisotopic (exact) mass is 460 g/mol. The molecular weight excluding hydrogens is 424 g/mol. The molecule has 0 radical (unpaired) electrons. The Bertz CT molecular complexity index is 1410. The molecule has 0 bridgehead atoms. The van der Waals surface area contributed by atoms with Crippen LogP contribution in [0, 0.1) is 0 Å². The van der Waals surface area contributed by atoms with Gasteiger partial charge in [-0.15, -0.1) is 0 Å². The molecule has 1 heteroatoms. The fourth-order valence-corrected chi connectivity index (χ4v) is 5.57. The minimum atomic E-state index is -0.685. The van der Waals surface area contributed by atoms with Crippen molar-refractivity contribution < 1.29 is 4.74 Å². The molecule has 2 aromatic rings. The van der Waals surface area contributed by atoms with Gasteiger partial charge in [0.05, 0.1) is 0 Å². The molecule has 2 aliphatic rings. The summed E-state index contributed by atoms with van der Waals surface area (Å²) in [5.41, 5.74) is 8.03. The second-order valence-corrected chi connectivity index (χ2v) is 8.93. The number of allylic oxidation sites excluding steroid dienone is 7. The summed E-state index contributed by atoms with van der Waals surface area (Å²) in [5.74, 6) is 0.969. The van der Waals surface area contributed by atoms with Crippen LogP contribution >= 0.6 is 0 Å². The summed E-state index contributed by atoms with van der Waals surface area (Å²) in [5, 5.41) is 2.38. The molecule has 1 unspecified atom stereocenters. The maximum Gasteiger partial charge on any atom is 0.177 e. The van der Waals surface area contributed by atoms with Crippen LogP contribution in [0.15, 0.2) is 90.6 Å². The predicted octanol–water partition coefficient (Wildman–Crippen LogP) is 7.57. The first-order valence-electron chi connectivity index (χ1n) is 12.6. The third-order valence-electron chi connectivity index (χ3n) is 7.13. The normalized spacial score (nSPS) is 21.0. The molecule has 1 heterocycles. The third-order valence-corrected chi connectivity index (χ3v) is 7.13. The van der Waals surface area contributed by atoms with Crippen molar-refractivity contribution >= 4 is 23.8 Å². The topological polar surface area (TPSA) is 9.23 Å². The van der Waals surface area contributed by atoms with Crippen LogP contribution in [-0.4, -0.2) is 0 Å². The molecule has 1 atom stereocenters. The molecule has 35 heavy (non-hydrogen) atoms. The lowest BCUT2D eigenvalue weighted by molar-refractivity contribution is 0.158. The van der Waals surface area contributed by atoms with Gasteiger partial charge >= 0.3 is 0 Å². The number of fused-ring (bicyclic) bond motifs is 3. The summed E-state index contributed by atoms with van der Waals surface area (Å²) in [4.78, 5) is 0. The molecule has 0 N–H and O–H groups in total. The van der Waals surface area contributed by atoms with E-state index in [4.69, 9.17) is 4.74 Å². The summed E-state index contributed by atoms with van der Waals surface area (Å²) >= 11 is 0. The highest BCUT2D eigenvalue weighted by atomic mass is 16.5. The van der Waals surface area contributed by atoms with Crippen LogP contribution < -0.4 is 15.2 Å². The van der Waals surface area contributed by atoms with Crippen molar-refractivity contribution in [3.63, 3.8) is 0 Å². The Balaban J connectivity index is 2.11. The molecule has 0 aromatic heterocycles. The van der Waals surface area contributed by atoms with Gasteiger partial charge in [-0.2, -0.15) is 0 Å². The lowest BCUT2D eigenvalue weighted by Gasteiger charge is -2.38. The zero-order chi connectivity index (χ0) is 25.0. The van der Waals surface area contributed by atoms with Crippen molar-refractivity contribution in [2.75, 3.05) is 0 Å². The summed E-state index contributed by atoms with van der Waals surface area (Å²) < 4.78 is 7.18. The zero-order valence-electron chi connectivity index (χ0n) is 21.7. The maximum atomic E-state index is 7.18. The first-order valence-corrected chi connectivity index (χ1v) is 12.6. The lowest BCUT2D eigenvalue weighted by atomic mass is 9.78. The number of hydrogen-bond acceptors (Lipinski definition) is 1. The summed E-state index contributed by atoms with van der Waals surface area (Å²) in [6, 6.07) is 10.5. The van der Waals surface area contributed by atoms with Crippen molar-refractivity contribution in [2.45, 2.75) is 53.1 Å². The molecule has 0 saturated carbocycles. The standard InChI is InChI=1S/C34H36O/c1-7-16-25(10-4)34(26-18-14-13-15-19-26)23-22-31-30-21-20-24(9-3)29(17-8-2)32(30)27(11-5)28(12-6)33(31)35-34/h7-19,22-23H,3,20-21H2,1-2,4-6H3/b16-7-,17-8-,25-10+,27-11+,28-12+. The van der Waals surface area contributed by atoms with Gasteiger partial charge in [0.1, 0.15) is 5.75 Å². The molecule has 0 amide bonds. The van der Waals surface area contributed by atoms with Crippen molar-refractivity contribution in [1.82, 2.24) is 0 Å². The van der Waals surface area contributed by atoms with Crippen molar-refractivity contribution in [3.05, 3.63) is 123 Å². The molecule has 1 aliphatic heterocycles. The largest absolute Gasteiger partial charge is 0.472 e. The van der Waals surface area contributed by atoms with Crippen molar-refractivity contribution in [3.8, 4) is 5.75 Å². The zero-order valence-corrected chi connectivity index (χ0v) is 21.7. The van der Waals surface area contributed by atoms with Crippen molar-refractivity contribution in [2.24, 2.45) is 0 Å². The van der Waals surface area contributed by atoms with E-state index in [1.165, 1.54) is 33.1 Å². The first-order chi connectivity index (χ1) is 17.1. The van der Waals surface area contributed by atoms with Crippen LogP contribution in [-0.2, 0) is 12.0 Å². The highest BCUT2D eigenvalue weighted by Crippen LogP contribution is 2.44. The van der Waals surface area contributed by atoms with E-state index in [2.05, 4.69) is 126 Å². The average Bonchev–Trinajstić information content (AvgIpc) is 2.91. The Morgan fingerprint density at radius 3 is 2.29 bits per heavy atom. The molecule has 0 saturated heterocycles. The molecule has 4 rings (SSSR count). The molecule has 178 valence electrons. The van der Waals surface area contributed by atoms with E-state index in [-0.39, 0.29) is 0 Å². The second kappa shape index (κ2) is 10.4. The molecular formula is C34H36O. The highest BCUT2D eigenvalue weighted by Gasteiger charge is 2.39. The molecule has 1 aliphatic carbocycles. The van der Waals surface area contributed by atoms with Crippen LogP contribution in [0.3, 0.4) is 0 Å². The van der Waals surface area contributed by atoms with Crippen LogP contribution in [0.1, 0.15) is 63.3 Å². The van der Waals surface area contributed by atoms with E-state index in [0.29, 0.717) is 0 Å². The quantitative estimate of drug-likeness (QED) is 0.418. The van der Waals surface area contributed by atoms with Crippen molar-refractivity contribution in [1.29, 1.82) is 0 Å². The Kier molecular flexibility index (Phi) is 7.26. The number of hydrogen-bond donors (Lipinski definition) is 0. The Labute approximate surface area is 210 Å². The third kappa shape index (κ3) is 4.00. The van der Waals surface area contributed by atoms with E-state index in [9.17, 15) is 0 Å². The van der Waals surface area contributed by atoms with Gasteiger partial charge in [-0.05, 0) is 86.6 Å². The Morgan fingerprint density at radius 2 is 1.69 bits per heavy atom. The van der Waals surface area contributed by atoms with Gasteiger partial charge < -0.3 is 4.74 Å². The van der Waals surface area contributed by atoms with Gasteiger partial charge in [-0.1, -0.05) is 91.6 Å². The number of benzene rings is 2. The predicted molar refractivity (Wildman–Crippen MR) is 153 cm³/mol. The van der Waals surface area contributed by atoms with Gasteiger partial charge in [0, 0.05) is 16.3 Å². The highest BCUT2D eigenvalue weighted by molar-refractivity contribution is 5.86. The molecule has 0 fully saturated rings. The smallest absolute Gasteiger partial charge is 0.177 e. The van der Waals surface area contributed by atoms with Gasteiger partial charge in [-0.25, -0.2) is 0 Å². The SMILES string of the molecule is C=CC1=C(/C=C\C)c2c(c3c(c(=C/C)/c2=C\C)OC(C(/C=C\C)=C/C)(c2ccccc2)C=C3)CC1. The maximum absolute atomic E-state index is 7.18. The molecule has 2 aromatic carbocycles. The van der Waals surface area contributed by atoms with Gasteiger partial charge in [0.2, 0.25) is 0 Å². The van der Waals surface area contributed by atoms with Gasteiger partial charge in [0.25, 0.3) is 0 Å². The average molecular weight is 461 g/mol. The molecule has 0 spiro atoms. The summed E-state index contributed by atoms with van der Waals surface area (Å²) in [6.07, 6.45) is 23.7. The second-order valence-electron chi connectivity index (χ2n) is 8.93. The number of ether oxygens (including phenoxy) is 1. The fraction of sp³-hybridized carbons (Fsp3) is 0.235. The van der Waals surface area contributed by atoms with E-state index in [0.717, 1.165) is 34.9 Å². The van der Waals surface area contributed by atoms with Gasteiger partial charge in [-0.3, -0.25) is 0 Å². The van der Waals surface area contributed by atoms with Gasteiger partial charge in [0.15, 0.2) is 5.60 Å². The van der Waals surface area contributed by atoms with Crippen LogP contribution in [0.25, 0.3) is 23.8 Å². The summed E-state index contributed by atoms with van der Waals surface area (Å²) in [7, 11) is 0. The van der Waals surface area contributed by atoms with E-state index >= 15 is 0 Å². The Hall–Kier alpha value is -3.58. The Morgan fingerprint density at radius 1 is 0.943 bits per heavy atom. The minimum Gasteiger partial charge on any atom is -0.472 e. The molecule has 1 nitrogen and oxygen atoms in total. The van der Waals surface area contributed by atoms with Crippen LogP contribution in [0.4, 0.5) is 0 Å². The van der Waals surface area contributed by atoms with Crippen LogP contribution in [0.2, 0.25) is 0 Å². The summed E-state index contributed by atoms with van der Waals surface area (Å²) in [6.45, 7) is 14.6. The fourth-order valence-electron chi connectivity index (χ4n) is 5.57. The van der Waals surface area contributed by atoms with E-state index in [1.54, 1.807) is 0 Å². The van der Waals surface area contributed by atoms with Crippen LogP contribution in [0.5, 0.6) is 5.75 Å². The minimum absolute atomic E-state index is 0.685. The van der Waals surface area contributed by atoms with E-state index < -0.39 is 5.60 Å².